The normalized spacial score (nSPS) is 16.6. The van der Waals surface area contributed by atoms with Gasteiger partial charge < -0.3 is 10.1 Å². The zero-order chi connectivity index (χ0) is 20.3. The van der Waals surface area contributed by atoms with Crippen molar-refractivity contribution < 1.29 is 17.9 Å². The Morgan fingerprint density at radius 2 is 1.75 bits per heavy atom. The quantitative estimate of drug-likeness (QED) is 0.836. The summed E-state index contributed by atoms with van der Waals surface area (Å²) in [4.78, 5) is 12.8. The molecule has 0 radical (unpaired) electrons. The second-order valence-corrected chi connectivity index (χ2v) is 7.88. The van der Waals surface area contributed by atoms with Crippen molar-refractivity contribution in [3.05, 3.63) is 77.5 Å². The molecule has 0 aromatic heterocycles. The zero-order valence-corrected chi connectivity index (χ0v) is 16.6. The number of hydrogen-bond donors (Lipinski definition) is 1. The Balaban J connectivity index is 1.96. The van der Waals surface area contributed by atoms with Crippen LogP contribution in [-0.2, 0) is 15.0 Å². The van der Waals surface area contributed by atoms with E-state index >= 15 is 0 Å². The number of ether oxygens (including phenoxy) is 1. The first kappa shape index (κ1) is 19.6. The highest BCUT2D eigenvalue weighted by atomic mass is 32.2. The molecule has 3 rings (SSSR count). The third-order valence-electron chi connectivity index (χ3n) is 4.44. The first-order chi connectivity index (χ1) is 13.3. The first-order valence-electron chi connectivity index (χ1n) is 8.63. The third-order valence-corrected chi connectivity index (χ3v) is 5.75. The standard InChI is InChI=1S/C20H21N3O4S/c1-14(15-9-5-4-6-10-15)21-20(24)18-13-17(22-28(25,26)23(18)2)16-11-7-8-12-19(16)27-3/h4-14H,1-3H3,(H,21,24)/t14-/m0/s1. The number of rotatable bonds is 5. The lowest BCUT2D eigenvalue weighted by Gasteiger charge is -2.25. The largest absolute Gasteiger partial charge is 0.496 e. The van der Waals surface area contributed by atoms with E-state index in [4.69, 9.17) is 4.74 Å². The Labute approximate surface area is 164 Å². The smallest absolute Gasteiger partial charge is 0.345 e. The lowest BCUT2D eigenvalue weighted by molar-refractivity contribution is -0.119. The number of nitrogens with one attached hydrogen (secondary N) is 1. The molecule has 7 nitrogen and oxygen atoms in total. The number of para-hydroxylation sites is 1. The minimum atomic E-state index is -4.04. The monoisotopic (exact) mass is 399 g/mol. The Morgan fingerprint density at radius 3 is 2.43 bits per heavy atom. The molecule has 1 N–H and O–H groups in total. The summed E-state index contributed by atoms with van der Waals surface area (Å²) in [5.41, 5.74) is 1.53. The second kappa shape index (κ2) is 7.85. The molecule has 1 aliphatic heterocycles. The van der Waals surface area contributed by atoms with E-state index in [0.29, 0.717) is 11.3 Å². The van der Waals surface area contributed by atoms with Crippen LogP contribution in [0.2, 0.25) is 0 Å². The summed E-state index contributed by atoms with van der Waals surface area (Å²) in [5.74, 6) is -0.0422. The predicted molar refractivity (Wildman–Crippen MR) is 107 cm³/mol. The molecule has 2 aromatic rings. The molecular formula is C20H21N3O4S. The summed E-state index contributed by atoms with van der Waals surface area (Å²) >= 11 is 0. The van der Waals surface area contributed by atoms with Crippen LogP contribution in [0.25, 0.3) is 0 Å². The van der Waals surface area contributed by atoms with Crippen LogP contribution in [0.15, 0.2) is 70.8 Å². The number of amides is 1. The maximum Gasteiger partial charge on any atom is 0.345 e. The van der Waals surface area contributed by atoms with Crippen LogP contribution >= 0.6 is 0 Å². The number of hydrogen-bond acceptors (Lipinski definition) is 4. The fourth-order valence-corrected chi connectivity index (χ4v) is 3.75. The van der Waals surface area contributed by atoms with Gasteiger partial charge in [-0.05, 0) is 30.7 Å². The van der Waals surface area contributed by atoms with Crippen LogP contribution in [0.1, 0.15) is 24.1 Å². The third kappa shape index (κ3) is 3.91. The maximum atomic E-state index is 12.8. The molecule has 146 valence electrons. The molecule has 0 fully saturated rings. The molecule has 1 aliphatic rings. The molecule has 0 saturated carbocycles. The molecule has 0 aliphatic carbocycles. The van der Waals surface area contributed by atoms with Crippen molar-refractivity contribution in [3.8, 4) is 5.75 Å². The summed E-state index contributed by atoms with van der Waals surface area (Å²) in [5, 5.41) is 2.84. The van der Waals surface area contributed by atoms with Crippen molar-refractivity contribution in [3.63, 3.8) is 0 Å². The summed E-state index contributed by atoms with van der Waals surface area (Å²) in [7, 11) is -1.25. The Hall–Kier alpha value is -3.13. The van der Waals surface area contributed by atoms with Gasteiger partial charge in [0.1, 0.15) is 11.4 Å². The van der Waals surface area contributed by atoms with Crippen molar-refractivity contribution in [1.82, 2.24) is 9.62 Å². The average molecular weight is 399 g/mol. The van der Waals surface area contributed by atoms with E-state index in [-0.39, 0.29) is 17.5 Å². The van der Waals surface area contributed by atoms with Crippen LogP contribution in [0.5, 0.6) is 5.75 Å². The van der Waals surface area contributed by atoms with Gasteiger partial charge in [-0.1, -0.05) is 42.5 Å². The minimum absolute atomic E-state index is 0.0151. The number of methoxy groups -OCH3 is 1. The lowest BCUT2D eigenvalue weighted by atomic mass is 10.1. The molecule has 1 heterocycles. The van der Waals surface area contributed by atoms with Gasteiger partial charge in [-0.15, -0.1) is 4.40 Å². The summed E-state index contributed by atoms with van der Waals surface area (Å²) in [6.07, 6.45) is 1.45. The Kier molecular flexibility index (Phi) is 5.51. The number of likely N-dealkylation sites (N-methyl/N-ethyl adjacent to an activating group) is 1. The summed E-state index contributed by atoms with van der Waals surface area (Å²) in [6.45, 7) is 1.83. The van der Waals surface area contributed by atoms with Gasteiger partial charge in [0.2, 0.25) is 0 Å². The van der Waals surface area contributed by atoms with Gasteiger partial charge in [0, 0.05) is 12.6 Å². The highest BCUT2D eigenvalue weighted by molar-refractivity contribution is 7.88. The van der Waals surface area contributed by atoms with Crippen molar-refractivity contribution in [1.29, 1.82) is 0 Å². The second-order valence-electron chi connectivity index (χ2n) is 6.26. The van der Waals surface area contributed by atoms with Gasteiger partial charge in [-0.2, -0.15) is 8.42 Å². The molecule has 0 bridgehead atoms. The van der Waals surface area contributed by atoms with Gasteiger partial charge in [0.05, 0.1) is 18.9 Å². The number of carbonyl (C=O) groups is 1. The fourth-order valence-electron chi connectivity index (χ4n) is 2.84. The highest BCUT2D eigenvalue weighted by Crippen LogP contribution is 2.25. The molecule has 0 unspecified atom stereocenters. The van der Waals surface area contributed by atoms with Crippen LogP contribution in [0.3, 0.4) is 0 Å². The lowest BCUT2D eigenvalue weighted by Crippen LogP contribution is -2.39. The Bertz CT molecular complexity index is 1050. The molecule has 28 heavy (non-hydrogen) atoms. The minimum Gasteiger partial charge on any atom is -0.496 e. The van der Waals surface area contributed by atoms with E-state index < -0.39 is 16.1 Å². The highest BCUT2D eigenvalue weighted by Gasteiger charge is 2.31. The van der Waals surface area contributed by atoms with Gasteiger partial charge >= 0.3 is 10.2 Å². The van der Waals surface area contributed by atoms with Crippen molar-refractivity contribution >= 4 is 21.8 Å². The van der Waals surface area contributed by atoms with E-state index in [9.17, 15) is 13.2 Å². The summed E-state index contributed by atoms with van der Waals surface area (Å²) in [6, 6.07) is 16.0. The van der Waals surface area contributed by atoms with Crippen molar-refractivity contribution in [2.75, 3.05) is 14.2 Å². The average Bonchev–Trinajstić information content (AvgIpc) is 2.70. The van der Waals surface area contributed by atoms with Gasteiger partial charge in [-0.3, -0.25) is 4.79 Å². The predicted octanol–water partition coefficient (Wildman–Crippen LogP) is 2.44. The molecular weight excluding hydrogens is 378 g/mol. The zero-order valence-electron chi connectivity index (χ0n) is 15.8. The number of benzene rings is 2. The van der Waals surface area contributed by atoms with E-state index in [1.54, 1.807) is 24.3 Å². The number of allylic oxidation sites excluding steroid dienone is 1. The van der Waals surface area contributed by atoms with E-state index in [1.165, 1.54) is 20.2 Å². The van der Waals surface area contributed by atoms with Gasteiger partial charge in [0.25, 0.3) is 5.91 Å². The fraction of sp³-hybridized carbons (Fsp3) is 0.200. The van der Waals surface area contributed by atoms with Crippen molar-refractivity contribution in [2.24, 2.45) is 4.40 Å². The molecule has 1 atom stereocenters. The van der Waals surface area contributed by atoms with Crippen LogP contribution in [0, 0.1) is 0 Å². The Morgan fingerprint density at radius 1 is 1.11 bits per heavy atom. The number of nitrogens with zero attached hydrogens (tertiary/aromatic N) is 2. The van der Waals surface area contributed by atoms with Crippen molar-refractivity contribution in [2.45, 2.75) is 13.0 Å². The molecule has 0 spiro atoms. The topological polar surface area (TPSA) is 88.1 Å². The molecule has 2 aromatic carbocycles. The SMILES string of the molecule is COc1ccccc1C1=NS(=O)(=O)N(C)C(C(=O)N[C@@H](C)c2ccccc2)=C1. The summed E-state index contributed by atoms with van der Waals surface area (Å²) < 4.78 is 35.0. The maximum absolute atomic E-state index is 12.8. The van der Waals surface area contributed by atoms with Crippen LogP contribution < -0.4 is 10.1 Å². The van der Waals surface area contributed by atoms with E-state index in [2.05, 4.69) is 9.71 Å². The first-order valence-corrected chi connectivity index (χ1v) is 10.0. The van der Waals surface area contributed by atoms with E-state index in [1.807, 2.05) is 37.3 Å². The molecule has 0 saturated heterocycles. The van der Waals surface area contributed by atoms with Crippen LogP contribution in [-0.4, -0.2) is 38.5 Å². The molecule has 1 amide bonds. The van der Waals surface area contributed by atoms with E-state index in [0.717, 1.165) is 9.87 Å². The number of carbonyl (C=O) groups excluding carboxylic acids is 1. The molecule has 8 heteroatoms. The van der Waals surface area contributed by atoms with Gasteiger partial charge in [0.15, 0.2) is 0 Å². The van der Waals surface area contributed by atoms with Crippen LogP contribution in [0.4, 0.5) is 0 Å². The van der Waals surface area contributed by atoms with Gasteiger partial charge in [-0.25, -0.2) is 4.31 Å².